The number of Topliss-reactive ketones (excluding diaryl/α,β-unsaturated/α-hetero) is 1. The Morgan fingerprint density at radius 2 is 1.67 bits per heavy atom. The van der Waals surface area contributed by atoms with Crippen molar-refractivity contribution >= 4 is 41.3 Å². The Labute approximate surface area is 338 Å². The zero-order chi connectivity index (χ0) is 41.8. The molecular weight excluding hydrogens is 750 g/mol. The van der Waals surface area contributed by atoms with E-state index in [9.17, 15) is 38.7 Å². The number of nitrogens with one attached hydrogen (secondary N) is 4. The van der Waals surface area contributed by atoms with Crippen molar-refractivity contribution < 1.29 is 52.9 Å². The molecule has 0 radical (unpaired) electrons. The summed E-state index contributed by atoms with van der Waals surface area (Å²) in [4.78, 5) is 93.5. The van der Waals surface area contributed by atoms with Gasteiger partial charge in [0.15, 0.2) is 12.3 Å². The first-order chi connectivity index (χ1) is 27.9. The number of carboxylic acid groups (broad SMARTS) is 1. The fourth-order valence-electron chi connectivity index (χ4n) is 7.89. The molecule has 0 aromatic heterocycles. The summed E-state index contributed by atoms with van der Waals surface area (Å²) in [6.45, 7) is 4.78. The molecule has 16 heteroatoms. The molecule has 2 heterocycles. The number of carbonyl (C=O) groups is 7. The Bertz CT molecular complexity index is 1790. The number of ketones is 1. The summed E-state index contributed by atoms with van der Waals surface area (Å²) in [5, 5.41) is 19.7. The highest BCUT2D eigenvalue weighted by Gasteiger charge is 2.56. The van der Waals surface area contributed by atoms with E-state index in [0.717, 1.165) is 43.4 Å². The van der Waals surface area contributed by atoms with E-state index >= 15 is 0 Å². The van der Waals surface area contributed by atoms with Crippen molar-refractivity contribution in [1.82, 2.24) is 26.2 Å². The standard InChI is InChI=1S/C42H55N5O11/c1-4-13-30(37(50)40(52)43-23-32(49)46-35(42(54)55)28-17-9-6-10-18-28)45-39(51)36-38-31(57-33(58-38)20-12-21-56-29-19-11-14-25(2)22-29)24-47(36)41(53)34(44-26(3)48)27-15-7-5-8-16-27/h6,9-11,14,17-19,22,27,30-31,33-36,38H,4-5,7-8,12-13,15-16,20-21,23-24H2,1-3H3,(H,43,52)(H,44,48)(H,45,51)(H,46,49)(H,54,55)/t30-,31-,33-,34-,35-,36-,38-/m0/s1. The largest absolute Gasteiger partial charge is 0.494 e. The van der Waals surface area contributed by atoms with Crippen LogP contribution in [0.5, 0.6) is 5.75 Å². The molecule has 0 bridgehead atoms. The van der Waals surface area contributed by atoms with E-state index in [-0.39, 0.29) is 24.8 Å². The summed E-state index contributed by atoms with van der Waals surface area (Å²) in [5.74, 6) is -5.30. The number of aliphatic carboxylic acids is 1. The lowest BCUT2D eigenvalue weighted by molar-refractivity contribution is -0.151. The minimum Gasteiger partial charge on any atom is -0.494 e. The molecule has 3 fully saturated rings. The van der Waals surface area contributed by atoms with Crippen molar-refractivity contribution in [2.45, 2.75) is 121 Å². The van der Waals surface area contributed by atoms with Gasteiger partial charge in [-0.25, -0.2) is 4.79 Å². The Hall–Kier alpha value is -5.35. The van der Waals surface area contributed by atoms with Crippen LogP contribution in [0.2, 0.25) is 0 Å². The smallest absolute Gasteiger partial charge is 0.330 e. The predicted molar refractivity (Wildman–Crippen MR) is 209 cm³/mol. The van der Waals surface area contributed by atoms with Crippen molar-refractivity contribution in [3.63, 3.8) is 0 Å². The molecule has 5 amide bonds. The Kier molecular flexibility index (Phi) is 15.8. The summed E-state index contributed by atoms with van der Waals surface area (Å²) in [6, 6.07) is 10.8. The highest BCUT2D eigenvalue weighted by molar-refractivity contribution is 6.38. The van der Waals surface area contributed by atoms with Gasteiger partial charge in [0, 0.05) is 13.3 Å². The van der Waals surface area contributed by atoms with E-state index in [2.05, 4.69) is 21.3 Å². The number of aryl methyl sites for hydroxylation is 1. The second kappa shape index (κ2) is 20.9. The summed E-state index contributed by atoms with van der Waals surface area (Å²) in [7, 11) is 0. The highest BCUT2D eigenvalue weighted by Crippen LogP contribution is 2.36. The van der Waals surface area contributed by atoms with Gasteiger partial charge >= 0.3 is 5.97 Å². The third-order valence-corrected chi connectivity index (χ3v) is 10.7. The molecule has 5 rings (SSSR count). The number of carbonyl (C=O) groups excluding carboxylic acids is 6. The van der Waals surface area contributed by atoms with Crippen LogP contribution < -0.4 is 26.0 Å². The van der Waals surface area contributed by atoms with E-state index in [1.807, 2.05) is 31.2 Å². The van der Waals surface area contributed by atoms with Crippen LogP contribution in [0.25, 0.3) is 0 Å². The topological polar surface area (TPSA) is 219 Å². The lowest BCUT2D eigenvalue weighted by Crippen LogP contribution is -2.60. The number of carboxylic acids is 1. The van der Waals surface area contributed by atoms with Gasteiger partial charge in [0.25, 0.3) is 5.91 Å². The van der Waals surface area contributed by atoms with Crippen LogP contribution in [0.4, 0.5) is 0 Å². The molecule has 2 aromatic rings. The van der Waals surface area contributed by atoms with Gasteiger partial charge in [-0.15, -0.1) is 0 Å². The third kappa shape index (κ3) is 11.6. The number of rotatable bonds is 19. The number of fused-ring (bicyclic) bond motifs is 1. The number of nitrogens with zero attached hydrogens (tertiary/aromatic N) is 1. The van der Waals surface area contributed by atoms with Crippen LogP contribution >= 0.6 is 0 Å². The Morgan fingerprint density at radius 3 is 2.34 bits per heavy atom. The molecule has 3 aliphatic rings. The molecule has 1 saturated carbocycles. The average Bonchev–Trinajstić information content (AvgIpc) is 3.77. The van der Waals surface area contributed by atoms with Gasteiger partial charge < -0.3 is 45.5 Å². The number of hydrogen-bond donors (Lipinski definition) is 5. The first-order valence-electron chi connectivity index (χ1n) is 20.1. The van der Waals surface area contributed by atoms with E-state index in [1.165, 1.54) is 24.0 Å². The highest BCUT2D eigenvalue weighted by atomic mass is 16.7. The molecule has 16 nitrogen and oxygen atoms in total. The second-order valence-electron chi connectivity index (χ2n) is 15.2. The monoisotopic (exact) mass is 805 g/mol. The lowest BCUT2D eigenvalue weighted by Gasteiger charge is -2.35. The molecule has 1 aliphatic carbocycles. The van der Waals surface area contributed by atoms with Gasteiger partial charge in [-0.1, -0.05) is 75.1 Å². The van der Waals surface area contributed by atoms with Gasteiger partial charge in [-0.05, 0) is 61.8 Å². The van der Waals surface area contributed by atoms with Crippen LogP contribution in [0.1, 0.15) is 88.8 Å². The lowest BCUT2D eigenvalue weighted by atomic mass is 9.83. The second-order valence-corrected chi connectivity index (χ2v) is 15.2. The molecule has 0 unspecified atom stereocenters. The molecule has 2 aromatic carbocycles. The maximum Gasteiger partial charge on any atom is 0.330 e. The molecule has 7 atom stereocenters. The molecular formula is C42H55N5O11. The van der Waals surface area contributed by atoms with Crippen LogP contribution in [0.15, 0.2) is 54.6 Å². The third-order valence-electron chi connectivity index (χ3n) is 10.7. The van der Waals surface area contributed by atoms with Crippen molar-refractivity contribution in [2.24, 2.45) is 5.92 Å². The summed E-state index contributed by atoms with van der Waals surface area (Å²) in [6.07, 6.45) is 3.49. The van der Waals surface area contributed by atoms with Gasteiger partial charge in [0.2, 0.25) is 29.4 Å². The number of amides is 5. The summed E-state index contributed by atoms with van der Waals surface area (Å²) < 4.78 is 18.4. The average molecular weight is 806 g/mol. The molecule has 5 N–H and O–H groups in total. The fourth-order valence-corrected chi connectivity index (χ4v) is 7.89. The van der Waals surface area contributed by atoms with Gasteiger partial charge in [0.05, 0.1) is 25.7 Å². The van der Waals surface area contributed by atoms with Crippen LogP contribution in [0.3, 0.4) is 0 Å². The van der Waals surface area contributed by atoms with Gasteiger partial charge in [0.1, 0.15) is 30.0 Å². The normalized spacial score (nSPS) is 21.8. The summed E-state index contributed by atoms with van der Waals surface area (Å²) in [5.41, 5.74) is 1.39. The van der Waals surface area contributed by atoms with E-state index in [4.69, 9.17) is 14.2 Å². The minimum absolute atomic E-state index is 0.00297. The molecule has 0 spiro atoms. The molecule has 314 valence electrons. The van der Waals surface area contributed by atoms with Crippen molar-refractivity contribution in [1.29, 1.82) is 0 Å². The van der Waals surface area contributed by atoms with Crippen molar-refractivity contribution in [3.05, 3.63) is 65.7 Å². The first kappa shape index (κ1) is 43.8. The molecule has 2 aliphatic heterocycles. The molecule has 58 heavy (non-hydrogen) atoms. The zero-order valence-electron chi connectivity index (χ0n) is 33.3. The quantitative estimate of drug-likeness (QED) is 0.103. The Balaban J connectivity index is 1.27. The zero-order valence-corrected chi connectivity index (χ0v) is 33.3. The maximum absolute atomic E-state index is 14.4. The molecule has 2 saturated heterocycles. The van der Waals surface area contributed by atoms with Crippen LogP contribution in [-0.2, 0) is 43.0 Å². The van der Waals surface area contributed by atoms with Crippen LogP contribution in [-0.4, -0.2) is 108 Å². The number of ether oxygens (including phenoxy) is 3. The fraction of sp³-hybridized carbons (Fsp3) is 0.548. The van der Waals surface area contributed by atoms with Gasteiger partial charge in [-0.3, -0.25) is 28.8 Å². The van der Waals surface area contributed by atoms with Crippen LogP contribution in [0, 0.1) is 12.8 Å². The number of hydrogen-bond acceptors (Lipinski definition) is 10. The van der Waals surface area contributed by atoms with E-state index in [1.54, 1.807) is 25.1 Å². The first-order valence-corrected chi connectivity index (χ1v) is 20.1. The predicted octanol–water partition coefficient (Wildman–Crippen LogP) is 2.47. The van der Waals surface area contributed by atoms with Gasteiger partial charge in [-0.2, -0.15) is 0 Å². The SMILES string of the molecule is CCC[C@H](NC(=O)[C@@H]1[C@H]2O[C@@H](CCCOc3cccc(C)c3)O[C@H]2CN1C(=O)[C@@H](NC(C)=O)C1CCCCC1)C(=O)C(=O)NCC(=O)N[C@H](C(=O)O)c1ccccc1. The van der Waals surface area contributed by atoms with Crippen molar-refractivity contribution in [3.8, 4) is 5.75 Å². The minimum atomic E-state index is -1.38. The van der Waals surface area contributed by atoms with E-state index < -0.39 is 84.6 Å². The number of likely N-dealkylation sites (tertiary alicyclic amines) is 1. The number of benzene rings is 2. The van der Waals surface area contributed by atoms with Crippen molar-refractivity contribution in [2.75, 3.05) is 19.7 Å². The summed E-state index contributed by atoms with van der Waals surface area (Å²) >= 11 is 0. The maximum atomic E-state index is 14.4. The Morgan fingerprint density at radius 1 is 0.931 bits per heavy atom. The van der Waals surface area contributed by atoms with E-state index in [0.29, 0.717) is 31.4 Å².